The number of benzene rings is 5. The van der Waals surface area contributed by atoms with E-state index in [0.717, 1.165) is 113 Å². The van der Waals surface area contributed by atoms with Crippen molar-refractivity contribution in [2.45, 2.75) is 114 Å². The molecular formula is C73H98N6O15. The van der Waals surface area contributed by atoms with Crippen molar-refractivity contribution >= 4 is 29.8 Å². The van der Waals surface area contributed by atoms with Gasteiger partial charge < -0.3 is 74.2 Å². The highest BCUT2D eigenvalue weighted by molar-refractivity contribution is 5.79. The molecule has 0 aromatic heterocycles. The molecule has 6 heterocycles. The van der Waals surface area contributed by atoms with Crippen molar-refractivity contribution in [2.75, 3.05) is 108 Å². The fourth-order valence-corrected chi connectivity index (χ4v) is 14.6. The number of ether oxygens (including phenoxy) is 6. The van der Waals surface area contributed by atoms with Crippen LogP contribution in [-0.4, -0.2) is 207 Å². The number of carbonyl (C=O) groups is 5. The Morgan fingerprint density at radius 1 is 0.553 bits per heavy atom. The largest absolute Gasteiger partial charge is 0.497 e. The number of para-hydroxylation sites is 1. The van der Waals surface area contributed by atoms with Gasteiger partial charge in [0.25, 0.3) is 0 Å². The average molecular weight is 1300 g/mol. The number of likely N-dealkylation sites (N-methyl/N-ethyl adjacent to an activating group) is 3. The van der Waals surface area contributed by atoms with Crippen LogP contribution in [-0.2, 0) is 36.8 Å². The summed E-state index contributed by atoms with van der Waals surface area (Å²) in [5.74, 6) is 0.0306. The number of nitrogens with two attached hydrogens (primary N) is 1. The van der Waals surface area contributed by atoms with Gasteiger partial charge in [-0.15, -0.1) is 0 Å². The molecule has 4 fully saturated rings. The summed E-state index contributed by atoms with van der Waals surface area (Å²) in [5, 5.41) is 38.7. The Balaban J connectivity index is 0.000000176. The molecule has 21 heteroatoms. The van der Waals surface area contributed by atoms with Crippen LogP contribution >= 0.6 is 0 Å². The summed E-state index contributed by atoms with van der Waals surface area (Å²) in [4.78, 5) is 71.0. The first-order valence-corrected chi connectivity index (χ1v) is 32.9. The lowest BCUT2D eigenvalue weighted by Gasteiger charge is -2.30. The number of aliphatic carboxylic acids is 4. The lowest BCUT2D eigenvalue weighted by molar-refractivity contribution is -0.144. The van der Waals surface area contributed by atoms with Crippen molar-refractivity contribution in [3.63, 3.8) is 0 Å². The van der Waals surface area contributed by atoms with Crippen LogP contribution < -0.4 is 34.2 Å². The van der Waals surface area contributed by atoms with Gasteiger partial charge >= 0.3 is 23.9 Å². The monoisotopic (exact) mass is 1300 g/mol. The van der Waals surface area contributed by atoms with Crippen LogP contribution in [0.4, 0.5) is 0 Å². The van der Waals surface area contributed by atoms with E-state index in [1.165, 1.54) is 0 Å². The third kappa shape index (κ3) is 17.1. The lowest BCUT2D eigenvalue weighted by Crippen LogP contribution is -2.45. The van der Waals surface area contributed by atoms with Gasteiger partial charge in [-0.25, -0.2) is 0 Å². The number of amides is 1. The summed E-state index contributed by atoms with van der Waals surface area (Å²) in [6.07, 6.45) is 4.72. The minimum atomic E-state index is -0.828. The highest BCUT2D eigenvalue weighted by Crippen LogP contribution is 2.44. The first-order valence-electron chi connectivity index (χ1n) is 32.9. The predicted octanol–water partition coefficient (Wildman–Crippen LogP) is 8.87. The number of carbonyl (C=O) groups excluding carboxylic acids is 1. The molecule has 6 N–H and O–H groups in total. The molecule has 6 aliphatic rings. The van der Waals surface area contributed by atoms with Gasteiger partial charge in [0.2, 0.25) is 12.7 Å². The van der Waals surface area contributed by atoms with Crippen LogP contribution in [0.15, 0.2) is 109 Å². The van der Waals surface area contributed by atoms with Gasteiger partial charge in [-0.05, 0) is 156 Å². The zero-order valence-electron chi connectivity index (χ0n) is 56.2. The Labute approximate surface area is 553 Å². The molecule has 0 bridgehead atoms. The molecule has 5 aromatic carbocycles. The second-order valence-corrected chi connectivity index (χ2v) is 25.8. The van der Waals surface area contributed by atoms with E-state index in [9.17, 15) is 44.4 Å². The molecule has 12 atom stereocenters. The van der Waals surface area contributed by atoms with E-state index in [2.05, 4.69) is 32.6 Å². The van der Waals surface area contributed by atoms with E-state index >= 15 is 0 Å². The molecule has 4 saturated heterocycles. The first kappa shape index (κ1) is 71.9. The SMILES string of the molecule is CCCCN(CCCN)C(=O)CN1C[C@H](c2ccc3c(c2)CCO3)[C@@H](C(=O)O)[C@@H]1CCc1cccc2c1OCO2.COc1ccc([C@H]2CN(C)[C@@H](C)[C@@H]2C(=O)O)cc1.COc1ccc([C@H]2CN(C)[C@@H](C)[C@@H]2C(=O)O)cc1.COc1ccc([C@H]2CN(C)[C@@H](C)[C@@H]2C(=O)O)cc1. The van der Waals surface area contributed by atoms with Gasteiger partial charge in [-0.3, -0.25) is 28.9 Å². The molecule has 6 aliphatic heterocycles. The molecule has 5 aromatic rings. The fraction of sp³-hybridized carbons (Fsp3) is 0.521. The summed E-state index contributed by atoms with van der Waals surface area (Å²) in [6, 6.07) is 34.9. The highest BCUT2D eigenvalue weighted by atomic mass is 16.7. The van der Waals surface area contributed by atoms with E-state index in [1.54, 1.807) is 21.3 Å². The van der Waals surface area contributed by atoms with Crippen LogP contribution in [0.3, 0.4) is 0 Å². The van der Waals surface area contributed by atoms with Gasteiger partial charge in [0.05, 0.1) is 58.2 Å². The maximum Gasteiger partial charge on any atom is 0.308 e. The minimum absolute atomic E-state index is 0.0383. The van der Waals surface area contributed by atoms with Crippen LogP contribution in [0.5, 0.6) is 34.5 Å². The van der Waals surface area contributed by atoms with Crippen molar-refractivity contribution in [1.82, 2.24) is 24.5 Å². The molecule has 1 amide bonds. The number of likely N-dealkylation sites (tertiary alicyclic amines) is 4. The zero-order valence-corrected chi connectivity index (χ0v) is 56.2. The third-order valence-corrected chi connectivity index (χ3v) is 20.4. The van der Waals surface area contributed by atoms with Crippen molar-refractivity contribution in [2.24, 2.45) is 29.4 Å². The molecule has 0 saturated carbocycles. The predicted molar refractivity (Wildman–Crippen MR) is 358 cm³/mol. The maximum atomic E-state index is 13.6. The Kier molecular flexibility index (Phi) is 25.6. The van der Waals surface area contributed by atoms with E-state index in [1.807, 2.05) is 150 Å². The summed E-state index contributed by atoms with van der Waals surface area (Å²) in [6.45, 7) is 13.8. The number of fused-ring (bicyclic) bond motifs is 2. The summed E-state index contributed by atoms with van der Waals surface area (Å²) < 4.78 is 32.3. The third-order valence-electron chi connectivity index (χ3n) is 20.4. The number of nitrogens with zero attached hydrogens (tertiary/aromatic N) is 5. The number of aryl methyl sites for hydroxylation is 1. The van der Waals surface area contributed by atoms with Gasteiger partial charge in [0.15, 0.2) is 11.5 Å². The normalized spacial score (nSPS) is 25.3. The van der Waals surface area contributed by atoms with E-state index < -0.39 is 29.8 Å². The summed E-state index contributed by atoms with van der Waals surface area (Å²) >= 11 is 0. The number of hydrogen-bond donors (Lipinski definition) is 5. The first-order chi connectivity index (χ1) is 45.1. The smallest absolute Gasteiger partial charge is 0.308 e. The van der Waals surface area contributed by atoms with Crippen LogP contribution in [0.25, 0.3) is 0 Å². The lowest BCUT2D eigenvalue weighted by atomic mass is 9.83. The second kappa shape index (κ2) is 33.4. The molecule has 0 unspecified atom stereocenters. The van der Waals surface area contributed by atoms with Gasteiger partial charge in [-0.1, -0.05) is 74.0 Å². The quantitative estimate of drug-likeness (QED) is 0.0433. The van der Waals surface area contributed by atoms with E-state index in [0.29, 0.717) is 45.6 Å². The molecular weight excluding hydrogens is 1200 g/mol. The standard InChI is InChI=1S/C31H41N3O6.3C14H19NO3/c1-2-3-14-33(15-5-13-32)28(35)19-34-18-24(22-9-11-26-23(17-22)12-16-38-26)29(31(36)37)25(34)10-8-21-6-4-7-27-30(21)40-20-39-27;3*1-9-13(14(16)17)12(8-15(9)2)10-4-6-11(18-3)7-5-10/h4,6-7,9,11,17,24-25,29H,2-3,5,8,10,12-16,18-20,32H2,1H3,(H,36,37);3*4-7,9,12-13H,8H2,1-3H3,(H,16,17)/t24-,25+,29-;3*9-,12+,13-/m1000/s1. The Morgan fingerprint density at radius 2 is 1.00 bits per heavy atom. The minimum Gasteiger partial charge on any atom is -0.497 e. The number of methoxy groups -OCH3 is 3. The maximum absolute atomic E-state index is 13.6. The number of unbranched alkanes of at least 4 members (excludes halogenated alkanes) is 1. The summed E-state index contributed by atoms with van der Waals surface area (Å²) in [5.41, 5.74) is 12.1. The Morgan fingerprint density at radius 3 is 1.44 bits per heavy atom. The van der Waals surface area contributed by atoms with Crippen LogP contribution in [0, 0.1) is 23.7 Å². The second-order valence-electron chi connectivity index (χ2n) is 25.8. The number of hydrogen-bond acceptors (Lipinski definition) is 16. The number of carboxylic acids is 4. The highest BCUT2D eigenvalue weighted by Gasteiger charge is 2.48. The van der Waals surface area contributed by atoms with Crippen molar-refractivity contribution in [3.05, 3.63) is 143 Å². The zero-order chi connectivity index (χ0) is 67.9. The van der Waals surface area contributed by atoms with Gasteiger partial charge in [0, 0.05) is 93.5 Å². The molecule has 0 radical (unpaired) electrons. The number of rotatable bonds is 22. The van der Waals surface area contributed by atoms with Crippen LogP contribution in [0.1, 0.15) is 110 Å². The van der Waals surface area contributed by atoms with Crippen molar-refractivity contribution < 1.29 is 72.8 Å². The molecule has 0 spiro atoms. The van der Waals surface area contributed by atoms with E-state index in [4.69, 9.17) is 34.2 Å². The van der Waals surface area contributed by atoms with Crippen molar-refractivity contribution in [1.29, 1.82) is 0 Å². The van der Waals surface area contributed by atoms with E-state index in [-0.39, 0.29) is 84.8 Å². The molecule has 11 rings (SSSR count). The average Bonchev–Trinajstić information content (AvgIpc) is 1.64. The molecule has 21 nitrogen and oxygen atoms in total. The van der Waals surface area contributed by atoms with Gasteiger partial charge in [0.1, 0.15) is 23.0 Å². The van der Waals surface area contributed by atoms with Crippen LogP contribution in [0.2, 0.25) is 0 Å². The molecule has 510 valence electrons. The topological polar surface area (TPSA) is 264 Å². The fourth-order valence-electron chi connectivity index (χ4n) is 14.6. The van der Waals surface area contributed by atoms with Gasteiger partial charge in [-0.2, -0.15) is 0 Å². The number of carboxylic acid groups (broad SMARTS) is 4. The Bertz CT molecular complexity index is 3110. The molecule has 94 heavy (non-hydrogen) atoms. The van der Waals surface area contributed by atoms with Crippen molar-refractivity contribution in [3.8, 4) is 34.5 Å². The summed E-state index contributed by atoms with van der Waals surface area (Å²) in [7, 11) is 10.8. The Hall–Kier alpha value is -7.95. The molecule has 0 aliphatic carbocycles.